The van der Waals surface area contributed by atoms with E-state index in [-0.39, 0.29) is 5.91 Å². The summed E-state index contributed by atoms with van der Waals surface area (Å²) in [4.78, 5) is 26.1. The van der Waals surface area contributed by atoms with Gasteiger partial charge in [-0.05, 0) is 38.8 Å². The van der Waals surface area contributed by atoms with Gasteiger partial charge in [-0.25, -0.2) is 4.79 Å². The molecule has 168 valence electrons. The van der Waals surface area contributed by atoms with Crippen molar-refractivity contribution in [2.45, 2.75) is 37.9 Å². The van der Waals surface area contributed by atoms with E-state index in [2.05, 4.69) is 10.1 Å². The number of carbonyl (C=O) groups excluding carboxylic acids is 1. The molecule has 1 aromatic heterocycles. The first-order valence-electron chi connectivity index (χ1n) is 10.1. The molecule has 31 heavy (non-hydrogen) atoms. The van der Waals surface area contributed by atoms with Gasteiger partial charge < -0.3 is 19.4 Å². The van der Waals surface area contributed by atoms with E-state index in [4.69, 9.17) is 14.4 Å². The van der Waals surface area contributed by atoms with Crippen molar-refractivity contribution in [2.24, 2.45) is 0 Å². The minimum atomic E-state index is -5.08. The number of hydrogen-bond acceptors (Lipinski definition) is 5. The molecule has 0 unspecified atom stereocenters. The van der Waals surface area contributed by atoms with Crippen molar-refractivity contribution in [3.63, 3.8) is 0 Å². The summed E-state index contributed by atoms with van der Waals surface area (Å²) in [5.41, 5.74) is 1.35. The van der Waals surface area contributed by atoms with Crippen LogP contribution >= 0.6 is 0 Å². The Labute approximate surface area is 177 Å². The number of alkyl halides is 3. The van der Waals surface area contributed by atoms with Gasteiger partial charge in [0.25, 0.3) is 5.91 Å². The number of piperidine rings is 1. The first kappa shape index (κ1) is 22.8. The number of rotatable bonds is 3. The van der Waals surface area contributed by atoms with E-state index in [1.807, 2.05) is 35.2 Å². The highest BCUT2D eigenvalue weighted by atomic mass is 19.4. The van der Waals surface area contributed by atoms with Crippen LogP contribution in [0.3, 0.4) is 0 Å². The standard InChI is InChI=1S/C19H23N3O2.C2HF3O2/c23-19(17-14-18(24-20-17)15-6-2-1-3-7-15)22-12-8-16(9-13-22)21-10-4-5-11-21;3-2(4,5)1(6)7/h1-3,6-7,14,16H,4-5,8-13H2;(H,6,7). The molecule has 4 rings (SSSR count). The van der Waals surface area contributed by atoms with Crippen LogP contribution in [0.5, 0.6) is 0 Å². The third-order valence-corrected chi connectivity index (χ3v) is 5.44. The minimum absolute atomic E-state index is 0.0131. The van der Waals surface area contributed by atoms with Crippen molar-refractivity contribution in [2.75, 3.05) is 26.2 Å². The Morgan fingerprint density at radius 2 is 1.61 bits per heavy atom. The molecule has 2 aromatic rings. The molecule has 1 N–H and O–H groups in total. The fourth-order valence-electron chi connectivity index (χ4n) is 3.82. The number of nitrogens with zero attached hydrogens (tertiary/aromatic N) is 3. The van der Waals surface area contributed by atoms with Gasteiger partial charge in [-0.3, -0.25) is 4.79 Å². The number of amides is 1. The quantitative estimate of drug-likeness (QED) is 0.785. The molecule has 0 bridgehead atoms. The smallest absolute Gasteiger partial charge is 0.475 e. The normalized spacial score (nSPS) is 17.8. The van der Waals surface area contributed by atoms with E-state index in [0.717, 1.165) is 31.5 Å². The van der Waals surface area contributed by atoms with Gasteiger partial charge in [-0.1, -0.05) is 35.5 Å². The van der Waals surface area contributed by atoms with Gasteiger partial charge >= 0.3 is 12.1 Å². The van der Waals surface area contributed by atoms with Crippen LogP contribution in [-0.2, 0) is 4.79 Å². The molecular weight excluding hydrogens is 415 g/mol. The van der Waals surface area contributed by atoms with Gasteiger partial charge in [0, 0.05) is 30.8 Å². The topological polar surface area (TPSA) is 86.9 Å². The third kappa shape index (κ3) is 6.06. The average molecular weight is 439 g/mol. The molecule has 0 saturated carbocycles. The average Bonchev–Trinajstić information content (AvgIpc) is 3.46. The first-order chi connectivity index (χ1) is 14.8. The molecular formula is C21H24F3N3O4. The molecule has 3 heterocycles. The number of aliphatic carboxylic acids is 1. The van der Waals surface area contributed by atoms with Gasteiger partial charge in [0.2, 0.25) is 0 Å². The summed E-state index contributed by atoms with van der Waals surface area (Å²) < 4.78 is 37.1. The van der Waals surface area contributed by atoms with Crippen LogP contribution in [0.15, 0.2) is 40.9 Å². The molecule has 0 radical (unpaired) electrons. The lowest BCUT2D eigenvalue weighted by molar-refractivity contribution is -0.192. The largest absolute Gasteiger partial charge is 0.490 e. The molecule has 0 aliphatic carbocycles. The lowest BCUT2D eigenvalue weighted by Gasteiger charge is -2.36. The molecule has 7 nitrogen and oxygen atoms in total. The summed E-state index contributed by atoms with van der Waals surface area (Å²) in [5.74, 6) is -2.13. The molecule has 0 atom stereocenters. The van der Waals surface area contributed by atoms with Crippen LogP contribution in [0.25, 0.3) is 11.3 Å². The summed E-state index contributed by atoms with van der Waals surface area (Å²) in [7, 11) is 0. The monoisotopic (exact) mass is 439 g/mol. The third-order valence-electron chi connectivity index (χ3n) is 5.44. The zero-order valence-corrected chi connectivity index (χ0v) is 16.8. The van der Waals surface area contributed by atoms with Gasteiger partial charge in [-0.2, -0.15) is 13.2 Å². The number of carboxylic acids is 1. The van der Waals surface area contributed by atoms with Crippen LogP contribution < -0.4 is 0 Å². The number of halogens is 3. The van der Waals surface area contributed by atoms with Crippen LogP contribution in [0.1, 0.15) is 36.2 Å². The highest BCUT2D eigenvalue weighted by Gasteiger charge is 2.38. The van der Waals surface area contributed by atoms with Crippen molar-refractivity contribution >= 4 is 11.9 Å². The SMILES string of the molecule is O=C(O)C(F)(F)F.O=C(c1cc(-c2ccccc2)on1)N1CCC(N2CCCC2)CC1. The Morgan fingerprint density at radius 1 is 1.03 bits per heavy atom. The second-order valence-electron chi connectivity index (χ2n) is 7.51. The molecule has 1 amide bonds. The predicted octanol–water partition coefficient (Wildman–Crippen LogP) is 3.68. The summed E-state index contributed by atoms with van der Waals surface area (Å²) in [6.45, 7) is 4.08. The van der Waals surface area contributed by atoms with E-state index >= 15 is 0 Å². The Morgan fingerprint density at radius 3 is 2.16 bits per heavy atom. The molecule has 10 heteroatoms. The minimum Gasteiger partial charge on any atom is -0.475 e. The zero-order chi connectivity index (χ0) is 22.4. The summed E-state index contributed by atoms with van der Waals surface area (Å²) in [5, 5.41) is 11.1. The van der Waals surface area contributed by atoms with E-state index < -0.39 is 12.1 Å². The van der Waals surface area contributed by atoms with Gasteiger partial charge in [0.1, 0.15) is 0 Å². The number of hydrogen-bond donors (Lipinski definition) is 1. The second kappa shape index (κ2) is 9.95. The van der Waals surface area contributed by atoms with Crippen molar-refractivity contribution < 1.29 is 32.4 Å². The number of aromatic nitrogens is 1. The van der Waals surface area contributed by atoms with E-state index in [0.29, 0.717) is 17.5 Å². The van der Waals surface area contributed by atoms with Crippen molar-refractivity contribution in [1.29, 1.82) is 0 Å². The maximum Gasteiger partial charge on any atom is 0.490 e. The number of benzene rings is 1. The maximum atomic E-state index is 12.7. The number of carboxylic acid groups (broad SMARTS) is 1. The van der Waals surface area contributed by atoms with Gasteiger partial charge in [0.15, 0.2) is 11.5 Å². The molecule has 1 aromatic carbocycles. The number of likely N-dealkylation sites (tertiary alicyclic amines) is 2. The summed E-state index contributed by atoms with van der Waals surface area (Å²) in [6, 6.07) is 12.2. The molecule has 0 spiro atoms. The lowest BCUT2D eigenvalue weighted by atomic mass is 10.0. The summed E-state index contributed by atoms with van der Waals surface area (Å²) >= 11 is 0. The van der Waals surface area contributed by atoms with E-state index in [1.54, 1.807) is 6.07 Å². The fraction of sp³-hybridized carbons (Fsp3) is 0.476. The van der Waals surface area contributed by atoms with Crippen molar-refractivity contribution in [3.8, 4) is 11.3 Å². The van der Waals surface area contributed by atoms with E-state index in [1.165, 1.54) is 25.9 Å². The molecule has 2 saturated heterocycles. The van der Waals surface area contributed by atoms with Crippen LogP contribution in [0.4, 0.5) is 13.2 Å². The second-order valence-corrected chi connectivity index (χ2v) is 7.51. The van der Waals surface area contributed by atoms with E-state index in [9.17, 15) is 18.0 Å². The summed E-state index contributed by atoms with van der Waals surface area (Å²) in [6.07, 6.45) is -0.315. The maximum absolute atomic E-state index is 12.7. The molecule has 2 fully saturated rings. The highest BCUT2D eigenvalue weighted by molar-refractivity contribution is 5.93. The van der Waals surface area contributed by atoms with Crippen LogP contribution in [0, 0.1) is 0 Å². The number of carbonyl (C=O) groups is 2. The Kier molecular flexibility index (Phi) is 7.32. The molecule has 2 aliphatic rings. The first-order valence-corrected chi connectivity index (χ1v) is 10.1. The van der Waals surface area contributed by atoms with Crippen LogP contribution in [0.2, 0.25) is 0 Å². The van der Waals surface area contributed by atoms with Crippen LogP contribution in [-0.4, -0.2) is 70.3 Å². The Bertz CT molecular complexity index is 871. The zero-order valence-electron chi connectivity index (χ0n) is 16.8. The van der Waals surface area contributed by atoms with Gasteiger partial charge in [0.05, 0.1) is 0 Å². The van der Waals surface area contributed by atoms with Crippen molar-refractivity contribution in [3.05, 3.63) is 42.1 Å². The van der Waals surface area contributed by atoms with Gasteiger partial charge in [-0.15, -0.1) is 0 Å². The van der Waals surface area contributed by atoms with Crippen molar-refractivity contribution in [1.82, 2.24) is 15.0 Å². The Balaban J connectivity index is 0.000000339. The lowest BCUT2D eigenvalue weighted by Crippen LogP contribution is -2.46. The Hall–Kier alpha value is -2.88. The molecule has 2 aliphatic heterocycles. The highest BCUT2D eigenvalue weighted by Crippen LogP contribution is 2.24. The predicted molar refractivity (Wildman–Crippen MR) is 105 cm³/mol. The fourth-order valence-corrected chi connectivity index (χ4v) is 3.82.